The maximum atomic E-state index is 14.0. The number of hydrogen-bond acceptors (Lipinski definition) is 4. The van der Waals surface area contributed by atoms with Crippen molar-refractivity contribution in [2.75, 3.05) is 13.1 Å². The minimum atomic E-state index is -0.475. The van der Waals surface area contributed by atoms with Gasteiger partial charge in [0.25, 0.3) is 5.91 Å². The molecule has 0 radical (unpaired) electrons. The van der Waals surface area contributed by atoms with Crippen molar-refractivity contribution >= 4 is 28.0 Å². The van der Waals surface area contributed by atoms with Gasteiger partial charge < -0.3 is 19.8 Å². The molecule has 3 aromatic heterocycles. The highest BCUT2D eigenvalue weighted by Gasteiger charge is 2.28. The van der Waals surface area contributed by atoms with Gasteiger partial charge in [-0.15, -0.1) is 0 Å². The average Bonchev–Trinajstić information content (AvgIpc) is 3.46. The van der Waals surface area contributed by atoms with Crippen LogP contribution in [0.1, 0.15) is 35.7 Å². The number of carbonyl (C=O) groups excluding carboxylic acids is 1. The van der Waals surface area contributed by atoms with Crippen LogP contribution in [0.25, 0.3) is 33.6 Å². The van der Waals surface area contributed by atoms with Crippen molar-refractivity contribution in [1.29, 1.82) is 0 Å². The molecule has 1 saturated carbocycles. The third-order valence-corrected chi connectivity index (χ3v) is 6.86. The number of rotatable bonds is 5. The van der Waals surface area contributed by atoms with Crippen LogP contribution in [0.2, 0.25) is 0 Å². The second-order valence-corrected chi connectivity index (χ2v) is 9.60. The Labute approximate surface area is 191 Å². The number of imidazole rings is 1. The number of benzene rings is 1. The van der Waals surface area contributed by atoms with Gasteiger partial charge in [0.2, 0.25) is 5.95 Å². The summed E-state index contributed by atoms with van der Waals surface area (Å²) in [5.74, 6) is 0.938. The molecule has 1 atom stereocenters. The molecular formula is C25H27FN6O. The number of aromatic nitrogens is 4. The Morgan fingerprint density at radius 1 is 1.21 bits per heavy atom. The van der Waals surface area contributed by atoms with Crippen LogP contribution in [-0.4, -0.2) is 49.0 Å². The van der Waals surface area contributed by atoms with Gasteiger partial charge in [0.05, 0.1) is 16.7 Å². The number of nitrogens with two attached hydrogens (primary N) is 1. The topological polar surface area (TPSA) is 82.0 Å². The molecule has 1 amide bonds. The van der Waals surface area contributed by atoms with Crippen molar-refractivity contribution in [1.82, 2.24) is 24.0 Å². The molecule has 1 fully saturated rings. The first-order valence-corrected chi connectivity index (χ1v) is 11.6. The first-order chi connectivity index (χ1) is 15.9. The van der Waals surface area contributed by atoms with E-state index in [1.807, 2.05) is 31.0 Å². The van der Waals surface area contributed by atoms with Crippen LogP contribution in [0.3, 0.4) is 0 Å². The summed E-state index contributed by atoms with van der Waals surface area (Å²) in [6.45, 7) is 3.95. The largest absolute Gasteiger partial charge is 0.337 e. The van der Waals surface area contributed by atoms with E-state index in [0.717, 1.165) is 46.5 Å². The molecule has 0 bridgehead atoms. The number of fused-ring (bicyclic) bond motifs is 3. The number of halogens is 1. The Morgan fingerprint density at radius 3 is 2.79 bits per heavy atom. The third-order valence-electron chi connectivity index (χ3n) is 6.86. The first-order valence-electron chi connectivity index (χ1n) is 11.6. The average molecular weight is 447 g/mol. The molecule has 1 aromatic carbocycles. The minimum Gasteiger partial charge on any atom is -0.337 e. The number of aryl methyl sites for hydroxylation is 1. The smallest absolute Gasteiger partial charge is 0.254 e. The third kappa shape index (κ3) is 3.40. The Balaban J connectivity index is 1.49. The predicted molar refractivity (Wildman–Crippen MR) is 125 cm³/mol. The highest BCUT2D eigenvalue weighted by atomic mass is 19.1. The Hall–Kier alpha value is -3.26. The van der Waals surface area contributed by atoms with Crippen LogP contribution < -0.4 is 5.73 Å². The summed E-state index contributed by atoms with van der Waals surface area (Å²) in [5.41, 5.74) is 11.0. The zero-order chi connectivity index (χ0) is 22.9. The first kappa shape index (κ1) is 20.4. The molecular weight excluding hydrogens is 419 g/mol. The summed E-state index contributed by atoms with van der Waals surface area (Å²) >= 11 is 0. The second kappa shape index (κ2) is 7.38. The van der Waals surface area contributed by atoms with E-state index in [4.69, 9.17) is 10.7 Å². The summed E-state index contributed by atoms with van der Waals surface area (Å²) in [5, 5.41) is 0.903. The lowest BCUT2D eigenvalue weighted by molar-refractivity contribution is 0.0732. The van der Waals surface area contributed by atoms with Crippen molar-refractivity contribution in [3.63, 3.8) is 0 Å². The van der Waals surface area contributed by atoms with Gasteiger partial charge in [-0.05, 0) is 68.0 Å². The summed E-state index contributed by atoms with van der Waals surface area (Å²) in [4.78, 5) is 24.0. The minimum absolute atomic E-state index is 0.0187. The van der Waals surface area contributed by atoms with Crippen LogP contribution in [0, 0.1) is 11.9 Å². The zero-order valence-electron chi connectivity index (χ0n) is 18.9. The second-order valence-electron chi connectivity index (χ2n) is 9.60. The van der Waals surface area contributed by atoms with Crippen molar-refractivity contribution in [3.8, 4) is 11.5 Å². The molecule has 4 aromatic rings. The maximum Gasteiger partial charge on any atom is 0.254 e. The van der Waals surface area contributed by atoms with Crippen LogP contribution in [0.4, 0.5) is 4.39 Å². The van der Waals surface area contributed by atoms with E-state index in [-0.39, 0.29) is 11.9 Å². The van der Waals surface area contributed by atoms with E-state index < -0.39 is 5.95 Å². The normalized spacial score (nSPS) is 17.2. The van der Waals surface area contributed by atoms with Crippen LogP contribution in [-0.2, 0) is 20.0 Å². The summed E-state index contributed by atoms with van der Waals surface area (Å²) < 4.78 is 18.1. The quantitative estimate of drug-likeness (QED) is 0.476. The summed E-state index contributed by atoms with van der Waals surface area (Å²) in [6, 6.07) is 9.16. The molecule has 4 heterocycles. The van der Waals surface area contributed by atoms with Crippen LogP contribution in [0.5, 0.6) is 0 Å². The zero-order valence-corrected chi connectivity index (χ0v) is 18.9. The van der Waals surface area contributed by atoms with Gasteiger partial charge in [0, 0.05) is 43.7 Å². The summed E-state index contributed by atoms with van der Waals surface area (Å²) in [7, 11) is 2.00. The van der Waals surface area contributed by atoms with Crippen molar-refractivity contribution in [2.45, 2.75) is 38.8 Å². The predicted octanol–water partition coefficient (Wildman–Crippen LogP) is 3.48. The van der Waals surface area contributed by atoms with E-state index in [0.29, 0.717) is 30.2 Å². The number of carbonyl (C=O) groups is 1. The van der Waals surface area contributed by atoms with Crippen molar-refractivity contribution in [2.24, 2.45) is 18.7 Å². The van der Waals surface area contributed by atoms with Gasteiger partial charge in [0.15, 0.2) is 5.82 Å². The highest BCUT2D eigenvalue weighted by molar-refractivity contribution is 6.00. The molecule has 1 aliphatic carbocycles. The van der Waals surface area contributed by atoms with Gasteiger partial charge in [-0.3, -0.25) is 4.79 Å². The number of amides is 1. The van der Waals surface area contributed by atoms with E-state index in [1.54, 1.807) is 6.07 Å². The highest BCUT2D eigenvalue weighted by Crippen LogP contribution is 2.36. The van der Waals surface area contributed by atoms with Gasteiger partial charge >= 0.3 is 0 Å². The SMILES string of the molecule is C[C@@H](N)CN1CCc2cc3c(cc2C1=O)nc(-c1cc2ccc(F)nc2n1CC1CC1)n3C. The molecule has 0 spiro atoms. The lowest BCUT2D eigenvalue weighted by atomic mass is 9.97. The molecule has 0 unspecified atom stereocenters. The molecule has 0 saturated heterocycles. The summed E-state index contributed by atoms with van der Waals surface area (Å²) in [6.07, 6.45) is 3.17. The molecule has 8 heteroatoms. The van der Waals surface area contributed by atoms with Gasteiger partial charge in [0.1, 0.15) is 5.65 Å². The fraction of sp³-hybridized carbons (Fsp3) is 0.400. The molecule has 170 valence electrons. The molecule has 2 aliphatic rings. The van der Waals surface area contributed by atoms with Crippen LogP contribution in [0.15, 0.2) is 30.3 Å². The molecule has 6 rings (SSSR count). The Kier molecular flexibility index (Phi) is 4.55. The van der Waals surface area contributed by atoms with E-state index >= 15 is 0 Å². The standard InChI is InChI=1S/C25H27FN6O/c1-14(27)12-31-8-7-16-9-20-19(11-18(16)25(31)33)28-24(30(20)2)21-10-17-5-6-22(26)29-23(17)32(21)13-15-3-4-15/h5-6,9-11,14-15H,3-4,7-8,12-13,27H2,1-2H3/t14-/m1/s1. The van der Waals surface area contributed by atoms with Gasteiger partial charge in [-0.25, -0.2) is 9.97 Å². The maximum absolute atomic E-state index is 14.0. The monoisotopic (exact) mass is 446 g/mol. The van der Waals surface area contributed by atoms with Gasteiger partial charge in [-0.2, -0.15) is 4.39 Å². The number of pyridine rings is 1. The molecule has 7 nitrogen and oxygen atoms in total. The number of nitrogens with zero attached hydrogens (tertiary/aromatic N) is 5. The fourth-order valence-corrected chi connectivity index (χ4v) is 5.00. The number of hydrogen-bond donors (Lipinski definition) is 1. The Morgan fingerprint density at radius 2 is 2.03 bits per heavy atom. The van der Waals surface area contributed by atoms with Crippen molar-refractivity contribution < 1.29 is 9.18 Å². The van der Waals surface area contributed by atoms with Crippen molar-refractivity contribution in [3.05, 3.63) is 47.4 Å². The lowest BCUT2D eigenvalue weighted by Crippen LogP contribution is -2.43. The van der Waals surface area contributed by atoms with Gasteiger partial charge in [-0.1, -0.05) is 0 Å². The lowest BCUT2D eigenvalue weighted by Gasteiger charge is -2.29. The van der Waals surface area contributed by atoms with E-state index in [1.165, 1.54) is 18.9 Å². The van der Waals surface area contributed by atoms with Crippen LogP contribution >= 0.6 is 0 Å². The molecule has 2 N–H and O–H groups in total. The Bertz CT molecular complexity index is 1410. The molecule has 1 aliphatic heterocycles. The molecule has 33 heavy (non-hydrogen) atoms. The fourth-order valence-electron chi connectivity index (χ4n) is 5.00. The van der Waals surface area contributed by atoms with E-state index in [9.17, 15) is 9.18 Å². The van der Waals surface area contributed by atoms with E-state index in [2.05, 4.69) is 20.2 Å².